The van der Waals surface area contributed by atoms with Gasteiger partial charge in [0.15, 0.2) is 0 Å². The number of benzene rings is 3. The molecule has 35 heavy (non-hydrogen) atoms. The lowest BCUT2D eigenvalue weighted by molar-refractivity contribution is -0.132. The Bertz CT molecular complexity index is 1280. The van der Waals surface area contributed by atoms with Crippen LogP contribution in [0.25, 0.3) is 10.8 Å². The van der Waals surface area contributed by atoms with Gasteiger partial charge in [0.25, 0.3) is 5.91 Å². The van der Waals surface area contributed by atoms with Gasteiger partial charge in [-0.05, 0) is 68.9 Å². The number of halogens is 1. The van der Waals surface area contributed by atoms with E-state index in [0.717, 1.165) is 20.8 Å². The molecule has 0 spiro atoms. The zero-order valence-electron chi connectivity index (χ0n) is 20.5. The molecule has 2 N–H and O–H groups in total. The summed E-state index contributed by atoms with van der Waals surface area (Å²) in [5.41, 5.74) is 0.521. The molecule has 1 aliphatic rings. The van der Waals surface area contributed by atoms with E-state index in [9.17, 15) is 9.59 Å². The highest BCUT2D eigenvalue weighted by atomic mass is 79.9. The van der Waals surface area contributed by atoms with Crippen molar-refractivity contribution in [3.05, 3.63) is 64.6 Å². The van der Waals surface area contributed by atoms with Gasteiger partial charge in [0.1, 0.15) is 23.1 Å². The summed E-state index contributed by atoms with van der Waals surface area (Å²) in [6.45, 7) is 5.62. The van der Waals surface area contributed by atoms with E-state index in [1.165, 1.54) is 0 Å². The summed E-state index contributed by atoms with van der Waals surface area (Å²) in [6.07, 6.45) is 0. The van der Waals surface area contributed by atoms with Crippen LogP contribution < -0.4 is 25.0 Å². The zero-order valence-corrected chi connectivity index (χ0v) is 22.1. The minimum atomic E-state index is -0.987. The highest BCUT2D eigenvalue weighted by Gasteiger charge is 2.45. The average molecular weight is 540 g/mol. The highest BCUT2D eigenvalue weighted by Crippen LogP contribution is 2.39. The van der Waals surface area contributed by atoms with Gasteiger partial charge < -0.3 is 25.0 Å². The molecule has 2 atom stereocenters. The van der Waals surface area contributed by atoms with E-state index < -0.39 is 17.7 Å². The molecule has 1 aliphatic heterocycles. The van der Waals surface area contributed by atoms with Gasteiger partial charge in [-0.15, -0.1) is 0 Å². The summed E-state index contributed by atoms with van der Waals surface area (Å²) < 4.78 is 13.0. The van der Waals surface area contributed by atoms with Crippen molar-refractivity contribution in [2.24, 2.45) is 0 Å². The van der Waals surface area contributed by atoms with Gasteiger partial charge >= 0.3 is 0 Å². The van der Waals surface area contributed by atoms with Crippen molar-refractivity contribution in [2.45, 2.75) is 45.0 Å². The molecule has 1 heterocycles. The number of para-hydroxylation sites is 2. The predicted octanol–water partition coefficient (Wildman–Crippen LogP) is 4.41. The van der Waals surface area contributed by atoms with E-state index in [1.807, 2.05) is 68.4 Å². The van der Waals surface area contributed by atoms with Gasteiger partial charge in [0.05, 0.1) is 25.4 Å². The van der Waals surface area contributed by atoms with E-state index in [-0.39, 0.29) is 18.4 Å². The van der Waals surface area contributed by atoms with Crippen LogP contribution in [0.2, 0.25) is 0 Å². The molecule has 3 aromatic rings. The molecule has 0 aliphatic carbocycles. The molecule has 0 saturated carbocycles. The summed E-state index contributed by atoms with van der Waals surface area (Å²) in [4.78, 5) is 28.6. The predicted molar refractivity (Wildman–Crippen MR) is 141 cm³/mol. The largest absolute Gasteiger partial charge is 0.496 e. The Morgan fingerprint density at radius 1 is 1.20 bits per heavy atom. The molecule has 2 amide bonds. The number of nitrogens with zero attached hydrogens (tertiary/aromatic N) is 1. The monoisotopic (exact) mass is 539 g/mol. The standard InChI is InChI=1S/C27H30BrN3O4/c1-16(29-4)25(32)30-24-26(33)31(21-8-6-7-9-23(21)35-27(24,2)3)15-20-19-12-11-18(28)14-17(19)10-13-22(20)34-5/h6-14,16,24,29H,15H2,1-5H3,(H,30,32). The van der Waals surface area contributed by atoms with Crippen LogP contribution in [0, 0.1) is 0 Å². The number of methoxy groups -OCH3 is 1. The normalized spacial score (nSPS) is 17.8. The fraction of sp³-hybridized carbons (Fsp3) is 0.333. The lowest BCUT2D eigenvalue weighted by Crippen LogP contribution is -2.61. The van der Waals surface area contributed by atoms with E-state index in [1.54, 1.807) is 26.0 Å². The first-order valence-electron chi connectivity index (χ1n) is 11.5. The van der Waals surface area contributed by atoms with Gasteiger partial charge in [0, 0.05) is 10.0 Å². The second-order valence-corrected chi connectivity index (χ2v) is 10.1. The summed E-state index contributed by atoms with van der Waals surface area (Å²) >= 11 is 3.54. The topological polar surface area (TPSA) is 79.9 Å². The van der Waals surface area contributed by atoms with Crippen LogP contribution in [0.5, 0.6) is 11.5 Å². The average Bonchev–Trinajstić information content (AvgIpc) is 2.91. The first-order valence-corrected chi connectivity index (χ1v) is 12.3. The van der Waals surface area contributed by atoms with Crippen LogP contribution >= 0.6 is 15.9 Å². The minimum Gasteiger partial charge on any atom is -0.496 e. The maximum Gasteiger partial charge on any atom is 0.254 e. The molecular formula is C27H30BrN3O4. The molecule has 0 fully saturated rings. The third-order valence-electron chi connectivity index (χ3n) is 6.44. The number of hydrogen-bond acceptors (Lipinski definition) is 5. The summed E-state index contributed by atoms with van der Waals surface area (Å²) in [7, 11) is 3.32. The smallest absolute Gasteiger partial charge is 0.254 e. The fourth-order valence-corrected chi connectivity index (χ4v) is 4.71. The number of amides is 2. The molecule has 0 aromatic heterocycles. The molecule has 4 rings (SSSR count). The SMILES string of the molecule is CNC(C)C(=O)NC1C(=O)N(Cc2c(OC)ccc3cc(Br)ccc23)c2ccccc2OC1(C)C. The van der Waals surface area contributed by atoms with Crippen molar-refractivity contribution in [1.29, 1.82) is 0 Å². The second kappa shape index (κ2) is 9.87. The maximum absolute atomic E-state index is 14.1. The summed E-state index contributed by atoms with van der Waals surface area (Å²) in [5.74, 6) is 0.721. The van der Waals surface area contributed by atoms with Crippen LogP contribution in [-0.2, 0) is 16.1 Å². The fourth-order valence-electron chi connectivity index (χ4n) is 4.34. The van der Waals surface area contributed by atoms with Crippen LogP contribution in [0.3, 0.4) is 0 Å². The lowest BCUT2D eigenvalue weighted by atomic mass is 9.96. The third kappa shape index (κ3) is 4.86. The van der Waals surface area contributed by atoms with Gasteiger partial charge in [-0.1, -0.05) is 40.2 Å². The van der Waals surface area contributed by atoms with E-state index in [0.29, 0.717) is 17.2 Å². The zero-order chi connectivity index (χ0) is 25.3. The lowest BCUT2D eigenvalue weighted by Gasteiger charge is -2.33. The number of ether oxygens (including phenoxy) is 2. The van der Waals surface area contributed by atoms with E-state index in [2.05, 4.69) is 26.6 Å². The van der Waals surface area contributed by atoms with Crippen molar-refractivity contribution in [3.63, 3.8) is 0 Å². The number of carbonyl (C=O) groups excluding carboxylic acids is 2. The molecular weight excluding hydrogens is 510 g/mol. The molecule has 0 saturated heterocycles. The quantitative estimate of drug-likeness (QED) is 0.485. The van der Waals surface area contributed by atoms with Gasteiger partial charge in [-0.3, -0.25) is 9.59 Å². The van der Waals surface area contributed by atoms with Crippen LogP contribution in [0.15, 0.2) is 59.1 Å². The summed E-state index contributed by atoms with van der Waals surface area (Å²) in [6, 6.07) is 16.0. The number of fused-ring (bicyclic) bond motifs is 2. The Morgan fingerprint density at radius 2 is 1.94 bits per heavy atom. The maximum atomic E-state index is 14.1. The molecule has 2 unspecified atom stereocenters. The van der Waals surface area contributed by atoms with Crippen molar-refractivity contribution >= 4 is 44.2 Å². The Hall–Kier alpha value is -3.10. The van der Waals surface area contributed by atoms with Crippen LogP contribution in [0.1, 0.15) is 26.3 Å². The Kier molecular flexibility index (Phi) is 7.05. The Labute approximate surface area is 213 Å². The number of likely N-dealkylation sites (N-methyl/N-ethyl adjacent to an activating group) is 1. The molecule has 3 aromatic carbocycles. The highest BCUT2D eigenvalue weighted by molar-refractivity contribution is 9.10. The number of rotatable bonds is 6. The van der Waals surface area contributed by atoms with E-state index in [4.69, 9.17) is 9.47 Å². The van der Waals surface area contributed by atoms with Gasteiger partial charge in [-0.25, -0.2) is 0 Å². The Balaban J connectivity index is 1.84. The third-order valence-corrected chi connectivity index (χ3v) is 6.93. The van der Waals surface area contributed by atoms with E-state index >= 15 is 0 Å². The van der Waals surface area contributed by atoms with Gasteiger partial charge in [0.2, 0.25) is 5.91 Å². The van der Waals surface area contributed by atoms with Crippen LogP contribution in [-0.4, -0.2) is 43.7 Å². The van der Waals surface area contributed by atoms with Crippen molar-refractivity contribution in [2.75, 3.05) is 19.1 Å². The number of hydrogen-bond donors (Lipinski definition) is 2. The van der Waals surface area contributed by atoms with Crippen molar-refractivity contribution < 1.29 is 19.1 Å². The van der Waals surface area contributed by atoms with Crippen molar-refractivity contribution in [1.82, 2.24) is 10.6 Å². The van der Waals surface area contributed by atoms with Gasteiger partial charge in [-0.2, -0.15) is 0 Å². The van der Waals surface area contributed by atoms with Crippen LogP contribution in [0.4, 0.5) is 5.69 Å². The number of nitrogens with one attached hydrogen (secondary N) is 2. The molecule has 8 heteroatoms. The molecule has 7 nitrogen and oxygen atoms in total. The number of carbonyl (C=O) groups is 2. The molecule has 0 bridgehead atoms. The molecule has 184 valence electrons. The first kappa shape index (κ1) is 25.0. The minimum absolute atomic E-state index is 0.241. The molecule has 0 radical (unpaired) electrons. The Morgan fingerprint density at radius 3 is 2.66 bits per heavy atom. The van der Waals surface area contributed by atoms with Crippen molar-refractivity contribution in [3.8, 4) is 11.5 Å². The number of anilines is 1. The summed E-state index contributed by atoms with van der Waals surface area (Å²) in [5, 5.41) is 7.84. The second-order valence-electron chi connectivity index (χ2n) is 9.16. The first-order chi connectivity index (χ1) is 16.7.